The minimum absolute atomic E-state index is 0.115. The SMILES string of the molecule is O=C(O)C(c1cc(Cl)c2c(c1)OCO2)N1CCNCC1. The Morgan fingerprint density at radius 2 is 2.10 bits per heavy atom. The average Bonchev–Trinajstić information content (AvgIpc) is 2.88. The predicted octanol–water partition coefficient (Wildman–Crippen LogP) is 1.10. The number of halogens is 1. The number of benzene rings is 1. The molecule has 2 aliphatic heterocycles. The van der Waals surface area contributed by atoms with E-state index in [1.54, 1.807) is 12.1 Å². The van der Waals surface area contributed by atoms with Crippen LogP contribution in [0.1, 0.15) is 11.6 Å². The third kappa shape index (κ3) is 2.42. The lowest BCUT2D eigenvalue weighted by Crippen LogP contribution is -2.47. The van der Waals surface area contributed by atoms with Crippen LogP contribution in [-0.2, 0) is 4.79 Å². The van der Waals surface area contributed by atoms with Crippen LogP contribution in [0.3, 0.4) is 0 Å². The lowest BCUT2D eigenvalue weighted by Gasteiger charge is -2.32. The topological polar surface area (TPSA) is 71.0 Å². The van der Waals surface area contributed by atoms with Crippen LogP contribution < -0.4 is 14.8 Å². The molecule has 20 heavy (non-hydrogen) atoms. The van der Waals surface area contributed by atoms with Gasteiger partial charge in [0.2, 0.25) is 6.79 Å². The third-order valence-corrected chi connectivity index (χ3v) is 3.80. The molecule has 1 aromatic rings. The molecule has 0 saturated carbocycles. The Morgan fingerprint density at radius 1 is 1.35 bits per heavy atom. The molecule has 2 heterocycles. The lowest BCUT2D eigenvalue weighted by molar-refractivity contribution is -0.143. The Labute approximate surface area is 121 Å². The summed E-state index contributed by atoms with van der Waals surface area (Å²) in [6.07, 6.45) is 0. The van der Waals surface area contributed by atoms with E-state index in [-0.39, 0.29) is 6.79 Å². The number of hydrogen-bond donors (Lipinski definition) is 2. The van der Waals surface area contributed by atoms with E-state index in [2.05, 4.69) is 5.32 Å². The van der Waals surface area contributed by atoms with Gasteiger partial charge in [-0.2, -0.15) is 0 Å². The van der Waals surface area contributed by atoms with Gasteiger partial charge in [-0.25, -0.2) is 0 Å². The first-order valence-corrected chi connectivity index (χ1v) is 6.81. The quantitative estimate of drug-likeness (QED) is 0.871. The summed E-state index contributed by atoms with van der Waals surface area (Å²) in [6, 6.07) is 2.63. The molecular formula is C13H15ClN2O4. The van der Waals surface area contributed by atoms with Crippen molar-refractivity contribution in [2.75, 3.05) is 33.0 Å². The molecule has 2 N–H and O–H groups in total. The third-order valence-electron chi connectivity index (χ3n) is 3.52. The molecular weight excluding hydrogens is 284 g/mol. The van der Waals surface area contributed by atoms with E-state index in [0.717, 1.165) is 13.1 Å². The van der Waals surface area contributed by atoms with Gasteiger partial charge in [-0.3, -0.25) is 9.69 Å². The number of rotatable bonds is 3. The number of carboxylic acids is 1. The Balaban J connectivity index is 1.95. The minimum Gasteiger partial charge on any atom is -0.480 e. The van der Waals surface area contributed by atoms with Gasteiger partial charge in [0, 0.05) is 26.2 Å². The molecule has 0 aromatic heterocycles. The normalized spacial score (nSPS) is 19.9. The van der Waals surface area contributed by atoms with Crippen LogP contribution in [0.4, 0.5) is 0 Å². The van der Waals surface area contributed by atoms with Gasteiger partial charge in [-0.05, 0) is 17.7 Å². The van der Waals surface area contributed by atoms with Crippen molar-refractivity contribution in [3.8, 4) is 11.5 Å². The second kappa shape index (κ2) is 5.47. The first-order valence-electron chi connectivity index (χ1n) is 6.43. The van der Waals surface area contributed by atoms with Crippen LogP contribution in [0.25, 0.3) is 0 Å². The summed E-state index contributed by atoms with van der Waals surface area (Å²) < 4.78 is 10.6. The van der Waals surface area contributed by atoms with E-state index in [0.29, 0.717) is 35.2 Å². The maximum absolute atomic E-state index is 11.6. The lowest BCUT2D eigenvalue weighted by atomic mass is 10.0. The van der Waals surface area contributed by atoms with Crippen molar-refractivity contribution in [3.05, 3.63) is 22.7 Å². The molecule has 7 heteroatoms. The number of fused-ring (bicyclic) bond motifs is 1. The Hall–Kier alpha value is -1.50. The molecule has 0 radical (unpaired) electrons. The molecule has 1 atom stereocenters. The number of aliphatic carboxylic acids is 1. The Kier molecular flexibility index (Phi) is 3.69. The van der Waals surface area contributed by atoms with Crippen LogP contribution in [0.5, 0.6) is 11.5 Å². The highest BCUT2D eigenvalue weighted by atomic mass is 35.5. The Bertz CT molecular complexity index is 531. The second-order valence-electron chi connectivity index (χ2n) is 4.76. The highest BCUT2D eigenvalue weighted by Gasteiger charge is 2.31. The first-order chi connectivity index (χ1) is 9.66. The minimum atomic E-state index is -0.887. The number of nitrogens with zero attached hydrogens (tertiary/aromatic N) is 1. The summed E-state index contributed by atoms with van der Waals surface area (Å²) in [6.45, 7) is 3.04. The van der Waals surface area contributed by atoms with E-state index in [9.17, 15) is 9.90 Å². The van der Waals surface area contributed by atoms with E-state index in [4.69, 9.17) is 21.1 Å². The van der Waals surface area contributed by atoms with Crippen molar-refractivity contribution in [2.45, 2.75) is 6.04 Å². The summed E-state index contributed by atoms with van der Waals surface area (Å²) in [4.78, 5) is 13.6. The highest BCUT2D eigenvalue weighted by Crippen LogP contribution is 2.41. The smallest absolute Gasteiger partial charge is 0.325 e. The van der Waals surface area contributed by atoms with Gasteiger partial charge in [-0.1, -0.05) is 11.6 Å². The zero-order valence-electron chi connectivity index (χ0n) is 10.8. The summed E-state index contributed by atoms with van der Waals surface area (Å²) in [5.74, 6) is 0.107. The summed E-state index contributed by atoms with van der Waals surface area (Å²) >= 11 is 6.13. The second-order valence-corrected chi connectivity index (χ2v) is 5.17. The number of ether oxygens (including phenoxy) is 2. The summed E-state index contributed by atoms with van der Waals surface area (Å²) in [5, 5.41) is 13.1. The molecule has 0 spiro atoms. The highest BCUT2D eigenvalue weighted by molar-refractivity contribution is 6.32. The molecule has 1 saturated heterocycles. The maximum Gasteiger partial charge on any atom is 0.325 e. The largest absolute Gasteiger partial charge is 0.480 e. The number of carboxylic acid groups (broad SMARTS) is 1. The van der Waals surface area contributed by atoms with Crippen molar-refractivity contribution in [2.24, 2.45) is 0 Å². The first kappa shape index (κ1) is 13.5. The van der Waals surface area contributed by atoms with Crippen LogP contribution >= 0.6 is 11.6 Å². The Morgan fingerprint density at radius 3 is 2.80 bits per heavy atom. The van der Waals surface area contributed by atoms with Crippen molar-refractivity contribution < 1.29 is 19.4 Å². The van der Waals surface area contributed by atoms with Crippen molar-refractivity contribution in [3.63, 3.8) is 0 Å². The van der Waals surface area contributed by atoms with Crippen molar-refractivity contribution in [1.82, 2.24) is 10.2 Å². The fraction of sp³-hybridized carbons (Fsp3) is 0.462. The number of carbonyl (C=O) groups is 1. The standard InChI is InChI=1S/C13H15ClN2O4/c14-9-5-8(6-10-12(9)20-7-19-10)11(13(17)18)16-3-1-15-2-4-16/h5-6,11,15H,1-4,7H2,(H,17,18). The molecule has 0 bridgehead atoms. The molecule has 1 aromatic carbocycles. The van der Waals surface area contributed by atoms with Gasteiger partial charge < -0.3 is 19.9 Å². The van der Waals surface area contributed by atoms with E-state index >= 15 is 0 Å². The molecule has 2 aliphatic rings. The van der Waals surface area contributed by atoms with Gasteiger partial charge in [-0.15, -0.1) is 0 Å². The van der Waals surface area contributed by atoms with Gasteiger partial charge >= 0.3 is 5.97 Å². The van der Waals surface area contributed by atoms with E-state index in [1.165, 1.54) is 0 Å². The molecule has 3 rings (SSSR count). The van der Waals surface area contributed by atoms with Crippen LogP contribution in [-0.4, -0.2) is 48.9 Å². The zero-order valence-corrected chi connectivity index (χ0v) is 11.5. The average molecular weight is 299 g/mol. The van der Waals surface area contributed by atoms with Gasteiger partial charge in [0.15, 0.2) is 11.5 Å². The van der Waals surface area contributed by atoms with Crippen LogP contribution in [0.15, 0.2) is 12.1 Å². The molecule has 6 nitrogen and oxygen atoms in total. The number of piperazine rings is 1. The zero-order chi connectivity index (χ0) is 14.1. The van der Waals surface area contributed by atoms with Crippen molar-refractivity contribution >= 4 is 17.6 Å². The summed E-state index contributed by atoms with van der Waals surface area (Å²) in [7, 11) is 0. The van der Waals surface area contributed by atoms with Crippen molar-refractivity contribution in [1.29, 1.82) is 0 Å². The molecule has 108 valence electrons. The molecule has 0 amide bonds. The van der Waals surface area contributed by atoms with Crippen LogP contribution in [0.2, 0.25) is 5.02 Å². The molecule has 1 unspecified atom stereocenters. The van der Waals surface area contributed by atoms with Gasteiger partial charge in [0.1, 0.15) is 6.04 Å². The summed E-state index contributed by atoms with van der Waals surface area (Å²) in [5.41, 5.74) is 0.619. The monoisotopic (exact) mass is 298 g/mol. The number of nitrogens with one attached hydrogen (secondary N) is 1. The fourth-order valence-electron chi connectivity index (χ4n) is 2.60. The fourth-order valence-corrected chi connectivity index (χ4v) is 2.87. The maximum atomic E-state index is 11.6. The van der Waals surface area contributed by atoms with E-state index < -0.39 is 12.0 Å². The van der Waals surface area contributed by atoms with E-state index in [1.807, 2.05) is 4.90 Å². The van der Waals surface area contributed by atoms with Crippen LogP contribution in [0, 0.1) is 0 Å². The van der Waals surface area contributed by atoms with Gasteiger partial charge in [0.25, 0.3) is 0 Å². The molecule has 1 fully saturated rings. The van der Waals surface area contributed by atoms with Gasteiger partial charge in [0.05, 0.1) is 5.02 Å². The number of hydrogen-bond acceptors (Lipinski definition) is 5. The predicted molar refractivity (Wildman–Crippen MR) is 72.4 cm³/mol. The molecule has 0 aliphatic carbocycles.